The SMILES string of the molecule is COc1nc(NC(=O)C(C)(C)NC(=O)c2ccc3c(C4CCCC4)c(-c4cncnc4)n(C)c3c2)ccc1/C=C/C(=O)O. The second-order valence-electron chi connectivity index (χ2n) is 11.2. The lowest BCUT2D eigenvalue weighted by molar-refractivity contribution is -0.131. The van der Waals surface area contributed by atoms with E-state index in [9.17, 15) is 14.4 Å². The summed E-state index contributed by atoms with van der Waals surface area (Å²) in [6.07, 6.45) is 12.1. The Hall–Kier alpha value is -5.06. The normalized spacial score (nSPS) is 13.9. The number of carbonyl (C=O) groups excluding carboxylic acids is 2. The molecule has 0 atom stereocenters. The second kappa shape index (κ2) is 12.0. The fraction of sp³-hybridized carbons (Fsp3) is 0.312. The van der Waals surface area contributed by atoms with Gasteiger partial charge in [0, 0.05) is 53.1 Å². The average molecular weight is 583 g/mol. The van der Waals surface area contributed by atoms with Gasteiger partial charge in [0.25, 0.3) is 11.8 Å². The topological polar surface area (TPSA) is 148 Å². The molecule has 3 heterocycles. The minimum absolute atomic E-state index is 0.145. The van der Waals surface area contributed by atoms with Crippen molar-refractivity contribution in [2.75, 3.05) is 12.4 Å². The average Bonchev–Trinajstić information content (AvgIpc) is 3.62. The Morgan fingerprint density at radius 2 is 1.81 bits per heavy atom. The second-order valence-corrected chi connectivity index (χ2v) is 11.2. The highest BCUT2D eigenvalue weighted by molar-refractivity contribution is 6.05. The van der Waals surface area contributed by atoms with Crippen molar-refractivity contribution in [3.63, 3.8) is 0 Å². The zero-order chi connectivity index (χ0) is 30.7. The number of nitrogens with one attached hydrogen (secondary N) is 2. The Kier molecular flexibility index (Phi) is 8.24. The van der Waals surface area contributed by atoms with Gasteiger partial charge in [-0.3, -0.25) is 9.59 Å². The molecule has 0 unspecified atom stereocenters. The summed E-state index contributed by atoms with van der Waals surface area (Å²) in [7, 11) is 3.39. The van der Waals surface area contributed by atoms with Crippen LogP contribution >= 0.6 is 0 Å². The van der Waals surface area contributed by atoms with E-state index in [0.717, 1.165) is 41.1 Å². The lowest BCUT2D eigenvalue weighted by atomic mass is 9.92. The van der Waals surface area contributed by atoms with Crippen molar-refractivity contribution >= 4 is 40.6 Å². The fourth-order valence-electron chi connectivity index (χ4n) is 5.66. The number of benzene rings is 1. The van der Waals surface area contributed by atoms with Gasteiger partial charge in [0.1, 0.15) is 17.7 Å². The third-order valence-corrected chi connectivity index (χ3v) is 7.82. The smallest absolute Gasteiger partial charge is 0.328 e. The lowest BCUT2D eigenvalue weighted by Crippen LogP contribution is -2.52. The summed E-state index contributed by atoms with van der Waals surface area (Å²) in [5, 5.41) is 15.5. The van der Waals surface area contributed by atoms with E-state index in [4.69, 9.17) is 9.84 Å². The number of carboxylic acid groups (broad SMARTS) is 1. The number of methoxy groups -OCH3 is 1. The molecule has 3 aromatic heterocycles. The monoisotopic (exact) mass is 582 g/mol. The molecule has 2 amide bonds. The van der Waals surface area contributed by atoms with Crippen LogP contribution in [0.1, 0.15) is 66.9 Å². The number of rotatable bonds is 9. The van der Waals surface area contributed by atoms with Crippen LogP contribution in [0.5, 0.6) is 5.88 Å². The van der Waals surface area contributed by atoms with Crippen LogP contribution in [0.25, 0.3) is 28.2 Å². The van der Waals surface area contributed by atoms with Gasteiger partial charge < -0.3 is 25.0 Å². The zero-order valence-corrected chi connectivity index (χ0v) is 24.5. The van der Waals surface area contributed by atoms with E-state index in [1.165, 1.54) is 44.0 Å². The van der Waals surface area contributed by atoms with Gasteiger partial charge in [0.15, 0.2) is 0 Å². The van der Waals surface area contributed by atoms with Crippen molar-refractivity contribution < 1.29 is 24.2 Å². The first-order chi connectivity index (χ1) is 20.6. The van der Waals surface area contributed by atoms with Crippen molar-refractivity contribution in [3.05, 3.63) is 71.8 Å². The van der Waals surface area contributed by atoms with Crippen LogP contribution in [0.15, 0.2) is 55.1 Å². The van der Waals surface area contributed by atoms with E-state index < -0.39 is 23.3 Å². The summed E-state index contributed by atoms with van der Waals surface area (Å²) < 4.78 is 7.34. The summed E-state index contributed by atoms with van der Waals surface area (Å²) in [4.78, 5) is 50.2. The highest BCUT2D eigenvalue weighted by Gasteiger charge is 2.31. The number of hydrogen-bond acceptors (Lipinski definition) is 7. The molecule has 5 rings (SSSR count). The predicted molar refractivity (Wildman–Crippen MR) is 163 cm³/mol. The molecule has 0 bridgehead atoms. The van der Waals surface area contributed by atoms with Crippen LogP contribution in [0.2, 0.25) is 0 Å². The standard InChI is InChI=1S/C32H34N6O5/c1-32(2,31(42)36-25-13-10-20(11-14-26(39)40)30(35-25)43-4)37-29(41)21-9-12-23-24(15-21)38(3)28(22-16-33-18-34-17-22)27(23)19-7-5-6-8-19/h9-19H,5-8H2,1-4H3,(H,37,41)(H,39,40)(H,35,36,42)/b14-11+. The van der Waals surface area contributed by atoms with Gasteiger partial charge in [-0.15, -0.1) is 0 Å². The van der Waals surface area contributed by atoms with Crippen LogP contribution in [-0.2, 0) is 16.6 Å². The molecule has 3 N–H and O–H groups in total. The molecule has 43 heavy (non-hydrogen) atoms. The molecule has 1 aliphatic rings. The van der Waals surface area contributed by atoms with E-state index in [0.29, 0.717) is 17.0 Å². The summed E-state index contributed by atoms with van der Waals surface area (Å²) in [6.45, 7) is 3.21. The number of nitrogens with zero attached hydrogens (tertiary/aromatic N) is 4. The van der Waals surface area contributed by atoms with Crippen molar-refractivity contribution in [2.24, 2.45) is 7.05 Å². The van der Waals surface area contributed by atoms with Crippen molar-refractivity contribution in [3.8, 4) is 17.1 Å². The third-order valence-electron chi connectivity index (χ3n) is 7.82. The molecule has 1 aromatic carbocycles. The molecule has 0 spiro atoms. The van der Waals surface area contributed by atoms with Crippen LogP contribution in [0, 0.1) is 0 Å². The number of aromatic nitrogens is 4. The van der Waals surface area contributed by atoms with Gasteiger partial charge >= 0.3 is 5.97 Å². The third kappa shape index (κ3) is 6.11. The van der Waals surface area contributed by atoms with Crippen molar-refractivity contribution in [1.82, 2.24) is 24.8 Å². The Morgan fingerprint density at radius 1 is 1.09 bits per heavy atom. The molecule has 1 aliphatic carbocycles. The zero-order valence-electron chi connectivity index (χ0n) is 24.5. The maximum Gasteiger partial charge on any atom is 0.328 e. The maximum absolute atomic E-state index is 13.5. The summed E-state index contributed by atoms with van der Waals surface area (Å²) in [5.74, 6) is -1.22. The quantitative estimate of drug-likeness (QED) is 0.235. The lowest BCUT2D eigenvalue weighted by Gasteiger charge is -2.25. The first kappa shape index (κ1) is 29.4. The van der Waals surface area contributed by atoms with Crippen LogP contribution in [0.4, 0.5) is 5.82 Å². The van der Waals surface area contributed by atoms with Crippen molar-refractivity contribution in [1.29, 1.82) is 0 Å². The summed E-state index contributed by atoms with van der Waals surface area (Å²) in [5.41, 5.74) is 3.75. The number of pyridine rings is 1. The first-order valence-electron chi connectivity index (χ1n) is 14.1. The molecule has 11 nitrogen and oxygen atoms in total. The minimum Gasteiger partial charge on any atom is -0.481 e. The van der Waals surface area contributed by atoms with Crippen LogP contribution < -0.4 is 15.4 Å². The number of carbonyl (C=O) groups is 3. The molecular formula is C32H34N6O5. The molecule has 1 fully saturated rings. The maximum atomic E-state index is 13.5. The summed E-state index contributed by atoms with van der Waals surface area (Å²) >= 11 is 0. The molecule has 1 saturated carbocycles. The fourth-order valence-corrected chi connectivity index (χ4v) is 5.66. The number of anilines is 1. The van der Waals surface area contributed by atoms with Gasteiger partial charge in [-0.05, 0) is 68.5 Å². The number of aryl methyl sites for hydroxylation is 1. The highest BCUT2D eigenvalue weighted by Crippen LogP contribution is 2.44. The highest BCUT2D eigenvalue weighted by atomic mass is 16.5. The van der Waals surface area contributed by atoms with Gasteiger partial charge in [0.05, 0.1) is 12.8 Å². The largest absolute Gasteiger partial charge is 0.481 e. The summed E-state index contributed by atoms with van der Waals surface area (Å²) in [6, 6.07) is 8.76. The number of carboxylic acids is 1. The molecule has 222 valence electrons. The molecule has 0 saturated heterocycles. The molecule has 0 aliphatic heterocycles. The van der Waals surface area contributed by atoms with Gasteiger partial charge in [0.2, 0.25) is 5.88 Å². The number of fused-ring (bicyclic) bond motifs is 1. The van der Waals surface area contributed by atoms with Gasteiger partial charge in [-0.1, -0.05) is 18.9 Å². The number of hydrogen-bond donors (Lipinski definition) is 3. The predicted octanol–water partition coefficient (Wildman–Crippen LogP) is 4.94. The molecule has 0 radical (unpaired) electrons. The Morgan fingerprint density at radius 3 is 2.49 bits per heavy atom. The Labute approximate surface area is 249 Å². The van der Waals surface area contributed by atoms with E-state index in [1.54, 1.807) is 26.0 Å². The molecular weight excluding hydrogens is 548 g/mol. The Balaban J connectivity index is 1.39. The van der Waals surface area contributed by atoms with E-state index in [2.05, 4.69) is 30.2 Å². The van der Waals surface area contributed by atoms with Crippen LogP contribution in [0.3, 0.4) is 0 Å². The minimum atomic E-state index is -1.29. The van der Waals surface area contributed by atoms with E-state index in [-0.39, 0.29) is 11.7 Å². The van der Waals surface area contributed by atoms with Crippen molar-refractivity contribution in [2.45, 2.75) is 51.0 Å². The molecule has 11 heteroatoms. The first-order valence-corrected chi connectivity index (χ1v) is 14.1. The van der Waals surface area contributed by atoms with E-state index in [1.807, 2.05) is 31.6 Å². The number of aliphatic carboxylic acids is 1. The number of amides is 2. The molecule has 4 aromatic rings. The van der Waals surface area contributed by atoms with Gasteiger partial charge in [-0.25, -0.2) is 14.8 Å². The van der Waals surface area contributed by atoms with Crippen LogP contribution in [-0.4, -0.2) is 55.1 Å². The van der Waals surface area contributed by atoms with E-state index >= 15 is 0 Å². The Bertz CT molecular complexity index is 1720. The van der Waals surface area contributed by atoms with Gasteiger partial charge in [-0.2, -0.15) is 4.98 Å². The number of ether oxygens (including phenoxy) is 1.